The van der Waals surface area contributed by atoms with Crippen LogP contribution in [0, 0.1) is 17.1 Å². The van der Waals surface area contributed by atoms with Gasteiger partial charge in [0.25, 0.3) is 0 Å². The maximum Gasteiger partial charge on any atom is 0.140 e. The number of benzene rings is 1. The maximum atomic E-state index is 13.2. The summed E-state index contributed by atoms with van der Waals surface area (Å²) in [6.07, 6.45) is 6.94. The van der Waals surface area contributed by atoms with Crippen molar-refractivity contribution in [2.75, 3.05) is 7.05 Å². The molecule has 1 aromatic rings. The van der Waals surface area contributed by atoms with Crippen molar-refractivity contribution < 1.29 is 4.39 Å². The van der Waals surface area contributed by atoms with Crippen LogP contribution in [0.3, 0.4) is 0 Å². The molecule has 1 aliphatic rings. The highest BCUT2D eigenvalue weighted by molar-refractivity contribution is 5.40. The lowest BCUT2D eigenvalue weighted by Gasteiger charge is -2.22. The van der Waals surface area contributed by atoms with E-state index in [0.717, 1.165) is 17.7 Å². The Morgan fingerprint density at radius 1 is 1.37 bits per heavy atom. The molecule has 0 saturated heterocycles. The molecule has 19 heavy (non-hydrogen) atoms. The molecular formula is C16H19FN2. The molecule has 100 valence electrons. The third-order valence-corrected chi connectivity index (χ3v) is 2.96. The molecule has 0 spiro atoms. The summed E-state index contributed by atoms with van der Waals surface area (Å²) in [4.78, 5) is 0. The molecule has 2 nitrogen and oxygen atoms in total. The molecular weight excluding hydrogens is 239 g/mol. The fourth-order valence-corrected chi connectivity index (χ4v) is 2.05. The highest BCUT2D eigenvalue weighted by Crippen LogP contribution is 2.30. The number of allylic oxidation sites excluding steroid dienone is 4. The largest absolute Gasteiger partial charge is 0.391 e. The second kappa shape index (κ2) is 7.38. The van der Waals surface area contributed by atoms with Gasteiger partial charge in [0.05, 0.1) is 5.56 Å². The van der Waals surface area contributed by atoms with Gasteiger partial charge in [0.2, 0.25) is 0 Å². The Morgan fingerprint density at radius 3 is 2.74 bits per heavy atom. The van der Waals surface area contributed by atoms with Crippen LogP contribution >= 0.6 is 0 Å². The molecule has 0 radical (unpaired) electrons. The van der Waals surface area contributed by atoms with Crippen LogP contribution in [0.25, 0.3) is 0 Å². The quantitative estimate of drug-likeness (QED) is 0.874. The van der Waals surface area contributed by atoms with E-state index in [1.807, 2.05) is 39.1 Å². The summed E-state index contributed by atoms with van der Waals surface area (Å²) in [6, 6.07) is 6.61. The number of likely N-dealkylation sites (N-methyl/N-ethyl adjacent to an activating group) is 1. The summed E-state index contributed by atoms with van der Waals surface area (Å²) in [5.41, 5.74) is 2.16. The Labute approximate surface area is 114 Å². The summed E-state index contributed by atoms with van der Waals surface area (Å²) in [7, 11) is 1.87. The van der Waals surface area contributed by atoms with Crippen molar-refractivity contribution in [3.8, 4) is 6.07 Å². The van der Waals surface area contributed by atoms with Crippen molar-refractivity contribution >= 4 is 0 Å². The van der Waals surface area contributed by atoms with Crippen molar-refractivity contribution in [3.63, 3.8) is 0 Å². The number of nitriles is 1. The molecule has 0 bridgehead atoms. The second-order valence-corrected chi connectivity index (χ2v) is 3.94. The fraction of sp³-hybridized carbons (Fsp3) is 0.312. The minimum atomic E-state index is -0.461. The summed E-state index contributed by atoms with van der Waals surface area (Å²) < 4.78 is 13.2. The summed E-state index contributed by atoms with van der Waals surface area (Å²) in [5.74, 6) is -0.282. The highest BCUT2D eigenvalue weighted by Gasteiger charge is 2.17. The molecule has 0 saturated carbocycles. The number of rotatable bonds is 2. The van der Waals surface area contributed by atoms with Crippen molar-refractivity contribution in [3.05, 3.63) is 59.1 Å². The van der Waals surface area contributed by atoms with Gasteiger partial charge >= 0.3 is 0 Å². The van der Waals surface area contributed by atoms with E-state index in [4.69, 9.17) is 5.26 Å². The summed E-state index contributed by atoms with van der Waals surface area (Å²) in [5, 5.41) is 12.0. The van der Waals surface area contributed by atoms with Gasteiger partial charge in [0.15, 0.2) is 0 Å². The van der Waals surface area contributed by atoms with Crippen LogP contribution < -0.4 is 5.32 Å². The normalized spacial score (nSPS) is 16.8. The Morgan fingerprint density at radius 2 is 2.11 bits per heavy atom. The molecule has 1 atom stereocenters. The topological polar surface area (TPSA) is 35.8 Å². The van der Waals surface area contributed by atoms with E-state index < -0.39 is 5.82 Å². The predicted molar refractivity (Wildman–Crippen MR) is 76.1 cm³/mol. The van der Waals surface area contributed by atoms with E-state index in [1.54, 1.807) is 12.1 Å². The number of nitrogens with zero attached hydrogens (tertiary/aromatic N) is 1. The van der Waals surface area contributed by atoms with Gasteiger partial charge in [-0.2, -0.15) is 5.26 Å². The zero-order chi connectivity index (χ0) is 14.3. The average Bonchev–Trinajstić information content (AvgIpc) is 2.50. The lowest BCUT2D eigenvalue weighted by molar-refractivity contribution is 0.621. The average molecular weight is 258 g/mol. The van der Waals surface area contributed by atoms with Crippen LogP contribution in [-0.4, -0.2) is 7.05 Å². The summed E-state index contributed by atoms with van der Waals surface area (Å²) in [6.45, 7) is 4.00. The van der Waals surface area contributed by atoms with Gasteiger partial charge in [-0.25, -0.2) is 4.39 Å². The van der Waals surface area contributed by atoms with Gasteiger partial charge in [-0.3, -0.25) is 0 Å². The van der Waals surface area contributed by atoms with Crippen LogP contribution in [0.2, 0.25) is 0 Å². The number of hydrogen-bond acceptors (Lipinski definition) is 2. The van der Waals surface area contributed by atoms with E-state index >= 15 is 0 Å². The van der Waals surface area contributed by atoms with Crippen LogP contribution in [0.15, 0.2) is 42.1 Å². The van der Waals surface area contributed by atoms with Crippen molar-refractivity contribution in [1.29, 1.82) is 5.26 Å². The Bertz CT molecular complexity index is 524. The van der Waals surface area contributed by atoms with Gasteiger partial charge in [-0.05, 0) is 30.2 Å². The first-order chi connectivity index (χ1) is 9.26. The first-order valence-electron chi connectivity index (χ1n) is 6.50. The van der Waals surface area contributed by atoms with Gasteiger partial charge in [-0.15, -0.1) is 0 Å². The first-order valence-corrected chi connectivity index (χ1v) is 6.50. The predicted octanol–water partition coefficient (Wildman–Crippen LogP) is 3.87. The molecule has 1 N–H and O–H groups in total. The van der Waals surface area contributed by atoms with Gasteiger partial charge < -0.3 is 5.32 Å². The lowest BCUT2D eigenvalue weighted by Crippen LogP contribution is -2.16. The maximum absolute atomic E-state index is 13.2. The van der Waals surface area contributed by atoms with Crippen LogP contribution in [0.1, 0.15) is 37.3 Å². The van der Waals surface area contributed by atoms with Crippen LogP contribution in [-0.2, 0) is 0 Å². The third kappa shape index (κ3) is 3.45. The minimum absolute atomic E-state index is 0.104. The molecule has 0 heterocycles. The SMILES string of the molecule is CC.CNC1=CC=CCC1c1ccc(F)c(C#N)c1. The van der Waals surface area contributed by atoms with E-state index in [9.17, 15) is 4.39 Å². The van der Waals surface area contributed by atoms with Crippen molar-refractivity contribution in [1.82, 2.24) is 5.32 Å². The molecule has 0 fully saturated rings. The minimum Gasteiger partial charge on any atom is -0.391 e. The standard InChI is InChI=1S/C14H13FN2.C2H6/c1-17-14-5-3-2-4-12(14)10-6-7-13(15)11(8-10)9-16;1-2/h2-3,5-8,12,17H,4H2,1H3;1-2H3. The zero-order valence-electron chi connectivity index (χ0n) is 11.6. The van der Waals surface area contributed by atoms with Crippen molar-refractivity contribution in [2.24, 2.45) is 0 Å². The number of nitrogens with one attached hydrogen (secondary N) is 1. The van der Waals surface area contributed by atoms with Gasteiger partial charge in [-0.1, -0.05) is 32.1 Å². The molecule has 0 amide bonds. The fourth-order valence-electron chi connectivity index (χ4n) is 2.05. The first kappa shape index (κ1) is 15.0. The Kier molecular flexibility index (Phi) is 5.81. The van der Waals surface area contributed by atoms with E-state index in [0.29, 0.717) is 0 Å². The van der Waals surface area contributed by atoms with E-state index in [-0.39, 0.29) is 11.5 Å². The molecule has 1 aliphatic carbocycles. The van der Waals surface area contributed by atoms with Gasteiger partial charge in [0, 0.05) is 18.7 Å². The molecule has 0 aromatic heterocycles. The third-order valence-electron chi connectivity index (χ3n) is 2.96. The van der Waals surface area contributed by atoms with Crippen molar-refractivity contribution in [2.45, 2.75) is 26.2 Å². The van der Waals surface area contributed by atoms with E-state index in [1.165, 1.54) is 6.07 Å². The number of halogens is 1. The molecule has 1 unspecified atom stereocenters. The molecule has 2 rings (SSSR count). The van der Waals surface area contributed by atoms with Crippen LogP contribution in [0.4, 0.5) is 4.39 Å². The van der Waals surface area contributed by atoms with E-state index in [2.05, 4.69) is 11.4 Å². The van der Waals surface area contributed by atoms with Gasteiger partial charge in [0.1, 0.15) is 11.9 Å². The monoisotopic (exact) mass is 258 g/mol. The molecule has 3 heteroatoms. The molecule has 1 aromatic carbocycles. The Balaban J connectivity index is 0.000000861. The Hall–Kier alpha value is -2.08. The number of hydrogen-bond donors (Lipinski definition) is 1. The van der Waals surface area contributed by atoms with Crippen LogP contribution in [0.5, 0.6) is 0 Å². The highest BCUT2D eigenvalue weighted by atomic mass is 19.1. The zero-order valence-corrected chi connectivity index (χ0v) is 11.6. The molecule has 0 aliphatic heterocycles. The smallest absolute Gasteiger partial charge is 0.140 e. The summed E-state index contributed by atoms with van der Waals surface area (Å²) >= 11 is 0. The second-order valence-electron chi connectivity index (χ2n) is 3.94. The lowest BCUT2D eigenvalue weighted by atomic mass is 9.88.